The molecule has 0 radical (unpaired) electrons. The fourth-order valence-corrected chi connectivity index (χ4v) is 3.14. The summed E-state index contributed by atoms with van der Waals surface area (Å²) in [6.07, 6.45) is 0. The molecule has 0 bridgehead atoms. The molecule has 0 amide bonds. The maximum absolute atomic E-state index is 12.3. The molecule has 0 spiro atoms. The fraction of sp³-hybridized carbons (Fsp3) is 0.333. The molecule has 1 aromatic carbocycles. The summed E-state index contributed by atoms with van der Waals surface area (Å²) in [5.74, 6) is 1.98. The number of rotatable bonds is 6. The molecule has 1 atom stereocenters. The molecular formula is C15H19NO4S. The predicted molar refractivity (Wildman–Crippen MR) is 79.8 cm³/mol. The van der Waals surface area contributed by atoms with Gasteiger partial charge in [0.2, 0.25) is 10.0 Å². The van der Waals surface area contributed by atoms with Gasteiger partial charge in [0.1, 0.15) is 17.3 Å². The van der Waals surface area contributed by atoms with Crippen LogP contribution in [-0.2, 0) is 10.0 Å². The predicted octanol–water partition coefficient (Wildman–Crippen LogP) is 3.03. The topological polar surface area (TPSA) is 68.5 Å². The van der Waals surface area contributed by atoms with Crippen molar-refractivity contribution in [2.45, 2.75) is 31.7 Å². The van der Waals surface area contributed by atoms with Gasteiger partial charge in [0.05, 0.1) is 17.5 Å². The minimum absolute atomic E-state index is 0.195. The molecule has 114 valence electrons. The van der Waals surface area contributed by atoms with Gasteiger partial charge in [-0.1, -0.05) is 0 Å². The first-order chi connectivity index (χ1) is 9.92. The monoisotopic (exact) mass is 309 g/mol. The standard InChI is InChI=1S/C15H19NO4S/c1-4-19-13-6-8-14(9-7-13)21(17,18)16-12(3)15-10-5-11(2)20-15/h5-10,12,16H,4H2,1-3H3/t12-/m1/s1. The second kappa shape index (κ2) is 6.32. The van der Waals surface area contributed by atoms with Crippen LogP contribution in [0.4, 0.5) is 0 Å². The molecule has 0 saturated heterocycles. The van der Waals surface area contributed by atoms with Crippen LogP contribution in [0.15, 0.2) is 45.7 Å². The van der Waals surface area contributed by atoms with Gasteiger partial charge in [-0.15, -0.1) is 0 Å². The van der Waals surface area contributed by atoms with Crippen molar-refractivity contribution in [3.8, 4) is 5.75 Å². The van der Waals surface area contributed by atoms with Crippen molar-refractivity contribution in [1.29, 1.82) is 0 Å². The number of hydrogen-bond donors (Lipinski definition) is 1. The second-order valence-electron chi connectivity index (χ2n) is 4.70. The van der Waals surface area contributed by atoms with Crippen LogP contribution in [0.2, 0.25) is 0 Å². The number of sulfonamides is 1. The quantitative estimate of drug-likeness (QED) is 0.890. The maximum atomic E-state index is 12.3. The lowest BCUT2D eigenvalue weighted by atomic mass is 10.3. The van der Waals surface area contributed by atoms with E-state index in [-0.39, 0.29) is 4.90 Å². The van der Waals surface area contributed by atoms with Crippen LogP contribution in [0.1, 0.15) is 31.4 Å². The summed E-state index contributed by atoms with van der Waals surface area (Å²) in [6, 6.07) is 9.45. The van der Waals surface area contributed by atoms with Crippen molar-refractivity contribution in [1.82, 2.24) is 4.72 Å². The Bertz CT molecular complexity index is 689. The third-order valence-electron chi connectivity index (χ3n) is 2.96. The van der Waals surface area contributed by atoms with E-state index < -0.39 is 16.1 Å². The number of hydrogen-bond acceptors (Lipinski definition) is 4. The molecule has 1 N–H and O–H groups in total. The van der Waals surface area contributed by atoms with E-state index in [1.807, 2.05) is 13.8 Å². The molecule has 6 heteroatoms. The summed E-state index contributed by atoms with van der Waals surface area (Å²) in [5, 5.41) is 0. The third-order valence-corrected chi connectivity index (χ3v) is 4.52. The Labute approximate surface area is 125 Å². The first-order valence-corrected chi connectivity index (χ1v) is 8.22. The number of ether oxygens (including phenoxy) is 1. The summed E-state index contributed by atoms with van der Waals surface area (Å²) >= 11 is 0. The van der Waals surface area contributed by atoms with Gasteiger partial charge in [0, 0.05) is 0 Å². The van der Waals surface area contributed by atoms with Crippen LogP contribution in [0.5, 0.6) is 5.75 Å². The van der Waals surface area contributed by atoms with E-state index in [0.29, 0.717) is 18.1 Å². The number of nitrogens with one attached hydrogen (secondary N) is 1. The number of benzene rings is 1. The van der Waals surface area contributed by atoms with Gasteiger partial charge < -0.3 is 9.15 Å². The molecule has 0 aliphatic rings. The van der Waals surface area contributed by atoms with E-state index in [0.717, 1.165) is 5.76 Å². The molecule has 5 nitrogen and oxygen atoms in total. The van der Waals surface area contributed by atoms with Gasteiger partial charge in [-0.2, -0.15) is 0 Å². The molecule has 0 aliphatic carbocycles. The summed E-state index contributed by atoms with van der Waals surface area (Å²) in [5.41, 5.74) is 0. The Morgan fingerprint density at radius 3 is 2.38 bits per heavy atom. The molecule has 0 fully saturated rings. The summed E-state index contributed by atoms with van der Waals surface area (Å²) in [6.45, 7) is 5.97. The van der Waals surface area contributed by atoms with E-state index in [1.165, 1.54) is 12.1 Å². The van der Waals surface area contributed by atoms with Gasteiger partial charge in [-0.05, 0) is 57.2 Å². The highest BCUT2D eigenvalue weighted by molar-refractivity contribution is 7.89. The SMILES string of the molecule is CCOc1ccc(S(=O)(=O)N[C@H](C)c2ccc(C)o2)cc1. The maximum Gasteiger partial charge on any atom is 0.241 e. The first kappa shape index (κ1) is 15.6. The van der Waals surface area contributed by atoms with E-state index in [4.69, 9.17) is 9.15 Å². The van der Waals surface area contributed by atoms with Crippen molar-refractivity contribution < 1.29 is 17.6 Å². The van der Waals surface area contributed by atoms with Gasteiger partial charge in [0.15, 0.2) is 0 Å². The van der Waals surface area contributed by atoms with Crippen LogP contribution in [-0.4, -0.2) is 15.0 Å². The first-order valence-electron chi connectivity index (χ1n) is 6.74. The average molecular weight is 309 g/mol. The molecule has 0 aliphatic heterocycles. The zero-order valence-corrected chi connectivity index (χ0v) is 13.1. The lowest BCUT2D eigenvalue weighted by molar-refractivity contribution is 0.340. The van der Waals surface area contributed by atoms with Crippen LogP contribution in [0, 0.1) is 6.92 Å². The lowest BCUT2D eigenvalue weighted by Crippen LogP contribution is -2.26. The molecule has 1 aromatic heterocycles. The zero-order chi connectivity index (χ0) is 15.5. The van der Waals surface area contributed by atoms with E-state index in [9.17, 15) is 8.42 Å². The van der Waals surface area contributed by atoms with Crippen molar-refractivity contribution in [3.63, 3.8) is 0 Å². The van der Waals surface area contributed by atoms with Crippen molar-refractivity contribution in [2.75, 3.05) is 6.61 Å². The second-order valence-corrected chi connectivity index (χ2v) is 6.41. The Kier molecular flexibility index (Phi) is 4.69. The third kappa shape index (κ3) is 3.86. The van der Waals surface area contributed by atoms with E-state index in [1.54, 1.807) is 31.2 Å². The zero-order valence-electron chi connectivity index (χ0n) is 12.3. The minimum Gasteiger partial charge on any atom is -0.494 e. The normalized spacial score (nSPS) is 13.1. The van der Waals surface area contributed by atoms with Gasteiger partial charge in [-0.25, -0.2) is 13.1 Å². The lowest BCUT2D eigenvalue weighted by Gasteiger charge is -2.12. The highest BCUT2D eigenvalue weighted by atomic mass is 32.2. The van der Waals surface area contributed by atoms with Gasteiger partial charge >= 0.3 is 0 Å². The Hall–Kier alpha value is -1.79. The smallest absolute Gasteiger partial charge is 0.241 e. The van der Waals surface area contributed by atoms with Crippen molar-refractivity contribution >= 4 is 10.0 Å². The molecular weight excluding hydrogens is 290 g/mol. The van der Waals surface area contributed by atoms with Crippen LogP contribution >= 0.6 is 0 Å². The van der Waals surface area contributed by atoms with Crippen LogP contribution in [0.3, 0.4) is 0 Å². The number of furan rings is 1. The summed E-state index contributed by atoms with van der Waals surface area (Å²) < 4.78 is 37.9. The molecule has 2 aromatic rings. The summed E-state index contributed by atoms with van der Waals surface area (Å²) in [4.78, 5) is 0.195. The minimum atomic E-state index is -3.60. The van der Waals surface area contributed by atoms with Crippen LogP contribution in [0.25, 0.3) is 0 Å². The van der Waals surface area contributed by atoms with Gasteiger partial charge in [0.25, 0.3) is 0 Å². The highest BCUT2D eigenvalue weighted by Crippen LogP contribution is 2.20. The number of aryl methyl sites for hydroxylation is 1. The Morgan fingerprint density at radius 2 is 1.86 bits per heavy atom. The van der Waals surface area contributed by atoms with E-state index in [2.05, 4.69) is 4.72 Å². The van der Waals surface area contributed by atoms with Crippen LogP contribution < -0.4 is 9.46 Å². The Balaban J connectivity index is 2.14. The molecule has 21 heavy (non-hydrogen) atoms. The largest absolute Gasteiger partial charge is 0.494 e. The molecule has 0 unspecified atom stereocenters. The molecule has 2 rings (SSSR count). The van der Waals surface area contributed by atoms with Crippen molar-refractivity contribution in [2.24, 2.45) is 0 Å². The van der Waals surface area contributed by atoms with E-state index >= 15 is 0 Å². The van der Waals surface area contributed by atoms with Gasteiger partial charge in [-0.3, -0.25) is 0 Å². The summed E-state index contributed by atoms with van der Waals surface area (Å²) in [7, 11) is -3.60. The van der Waals surface area contributed by atoms with Crippen molar-refractivity contribution in [3.05, 3.63) is 47.9 Å². The fourth-order valence-electron chi connectivity index (χ4n) is 1.93. The Morgan fingerprint density at radius 1 is 1.19 bits per heavy atom. The molecule has 0 saturated carbocycles. The highest BCUT2D eigenvalue weighted by Gasteiger charge is 2.20. The average Bonchev–Trinajstić information content (AvgIpc) is 2.86. The molecule has 1 heterocycles.